The van der Waals surface area contributed by atoms with E-state index in [-0.39, 0.29) is 78.9 Å². The summed E-state index contributed by atoms with van der Waals surface area (Å²) in [6.45, 7) is 15.8. The van der Waals surface area contributed by atoms with Crippen LogP contribution in [0.4, 0.5) is 48.3 Å². The number of aromatic nitrogens is 3. The monoisotopic (exact) mass is 1420 g/mol. The average molecular weight is 1420 g/mol. The zero-order chi connectivity index (χ0) is 72.6. The van der Waals surface area contributed by atoms with Crippen LogP contribution in [0.2, 0.25) is 0 Å². The van der Waals surface area contributed by atoms with E-state index in [4.69, 9.17) is 23.7 Å². The van der Waals surface area contributed by atoms with Crippen LogP contribution in [0.1, 0.15) is 160 Å². The number of hydrogen-bond acceptors (Lipinski definition) is 11. The van der Waals surface area contributed by atoms with Crippen molar-refractivity contribution in [2.45, 2.75) is 166 Å². The molecule has 1 N–H and O–H groups in total. The number of hydrogen-bond donors (Lipinski definition) is 1. The first-order valence-electron chi connectivity index (χ1n) is 33.9. The Labute approximate surface area is 576 Å². The normalized spacial score (nSPS) is 18.9. The molecule has 1 atom stereocenters. The zero-order valence-corrected chi connectivity index (χ0v) is 58.0. The molecule has 0 bridgehead atoms. The number of rotatable bonds is 13. The number of unbranched alkanes of at least 4 members (excludes halogenated alkanes) is 1. The molecule has 3 spiro atoms. The largest absolute Gasteiger partial charge is 0.493 e. The summed E-state index contributed by atoms with van der Waals surface area (Å²) in [5, 5.41) is 3.48. The van der Waals surface area contributed by atoms with Gasteiger partial charge in [0.25, 0.3) is 17.7 Å². The molecule has 3 saturated heterocycles. The van der Waals surface area contributed by atoms with Crippen LogP contribution >= 0.6 is 0 Å². The van der Waals surface area contributed by atoms with Gasteiger partial charge >= 0.3 is 18.5 Å². The molecule has 12 rings (SSSR count). The standard InChI is InChI=1S/C25H32F3N3O3.C24H29F4N3O3.C23H27F4N3O2.H2/c1-4-5-16-34-19-7-6-18(17-20(19)33-3)23(32)30-12-10-24(11-13-30)21-8-9-22(25(26,27)28)31(21)15-14-29(24)2;1-15(2)34-21-17(25)13-16(14-18(21)33-4)22(32)30-9-7-23(8-10-30)19-5-6-20(24(26,27)28)31(19)12-11-29(23)3;1-14(2)32-18-5-4-16(12-17(18)24)21(31)29-10-8-22(9-11-29)19-6-7-20(23(25,26)27)30(19)13-15(3)28-22;/h6-9,17H,4-5,10-16H2,1-3H3;5-6,13-15H,7-12H2,1-4H3;4-7,12,14-15,28H,8-11,13H2,1-3H3;1H. The van der Waals surface area contributed by atoms with Crippen molar-refractivity contribution in [2.24, 2.45) is 0 Å². The van der Waals surface area contributed by atoms with Crippen LogP contribution in [-0.2, 0) is 54.8 Å². The number of carbonyl (C=O) groups excluding carboxylic acids is 3. The lowest BCUT2D eigenvalue weighted by atomic mass is 9.81. The van der Waals surface area contributed by atoms with E-state index < -0.39 is 63.9 Å². The molecule has 6 aliphatic rings. The van der Waals surface area contributed by atoms with Gasteiger partial charge in [0.15, 0.2) is 40.4 Å². The van der Waals surface area contributed by atoms with E-state index in [1.165, 1.54) is 51.1 Å². The maximum atomic E-state index is 14.7. The third-order valence-electron chi connectivity index (χ3n) is 20.2. The predicted molar refractivity (Wildman–Crippen MR) is 353 cm³/mol. The number of carbonyl (C=O) groups is 3. The summed E-state index contributed by atoms with van der Waals surface area (Å²) in [4.78, 5) is 48.6. The van der Waals surface area contributed by atoms with Crippen molar-refractivity contribution >= 4 is 17.7 Å². The second kappa shape index (κ2) is 29.5. The molecule has 3 aromatic carbocycles. The molecule has 548 valence electrons. The highest BCUT2D eigenvalue weighted by Crippen LogP contribution is 2.48. The minimum absolute atomic E-state index is 0. The molecule has 0 radical (unpaired) electrons. The molecular formula is C72H90F11N9O8. The lowest BCUT2D eigenvalue weighted by molar-refractivity contribution is -0.145. The predicted octanol–water partition coefficient (Wildman–Crippen LogP) is 14.1. The van der Waals surface area contributed by atoms with Crippen molar-refractivity contribution in [3.05, 3.63) is 147 Å². The van der Waals surface area contributed by atoms with E-state index in [1.807, 2.05) is 21.0 Å². The van der Waals surface area contributed by atoms with Crippen LogP contribution in [0.3, 0.4) is 0 Å². The van der Waals surface area contributed by atoms with E-state index in [2.05, 4.69) is 22.0 Å². The van der Waals surface area contributed by atoms with Crippen LogP contribution in [0.5, 0.6) is 28.7 Å². The van der Waals surface area contributed by atoms with E-state index >= 15 is 0 Å². The van der Waals surface area contributed by atoms with Gasteiger partial charge in [0.05, 0.1) is 49.7 Å². The Morgan fingerprint density at radius 2 is 0.930 bits per heavy atom. The Balaban J connectivity index is 0.000000176. The first kappa shape index (κ1) is 74.7. The maximum absolute atomic E-state index is 14.7. The summed E-state index contributed by atoms with van der Waals surface area (Å²) >= 11 is 0. The van der Waals surface area contributed by atoms with E-state index in [1.54, 1.807) is 85.9 Å². The van der Waals surface area contributed by atoms with Gasteiger partial charge in [-0.15, -0.1) is 0 Å². The summed E-state index contributed by atoms with van der Waals surface area (Å²) in [7, 11) is 6.80. The van der Waals surface area contributed by atoms with Crippen molar-refractivity contribution in [1.29, 1.82) is 0 Å². The number of halogens is 11. The van der Waals surface area contributed by atoms with E-state index in [0.29, 0.717) is 138 Å². The van der Waals surface area contributed by atoms with Crippen molar-refractivity contribution in [3.8, 4) is 28.7 Å². The van der Waals surface area contributed by atoms with Gasteiger partial charge < -0.3 is 57.4 Å². The number of methoxy groups -OCH3 is 2. The van der Waals surface area contributed by atoms with Crippen molar-refractivity contribution < 1.29 is 87.8 Å². The Hall–Kier alpha value is -7.98. The smallest absolute Gasteiger partial charge is 0.431 e. The number of likely N-dealkylation sites (N-methyl/N-ethyl adjacent to an activating group) is 2. The molecule has 17 nitrogen and oxygen atoms in total. The molecule has 3 amide bonds. The molecule has 9 heterocycles. The van der Waals surface area contributed by atoms with Gasteiger partial charge in [-0.25, -0.2) is 8.78 Å². The van der Waals surface area contributed by atoms with E-state index in [9.17, 15) is 62.7 Å². The number of piperidine rings is 3. The number of nitrogens with one attached hydrogen (secondary N) is 1. The average Bonchev–Trinajstić information content (AvgIpc) is 1.72. The van der Waals surface area contributed by atoms with Crippen LogP contribution in [0, 0.1) is 11.6 Å². The molecule has 6 aliphatic heterocycles. The van der Waals surface area contributed by atoms with Gasteiger partial charge in [-0.1, -0.05) is 13.3 Å². The van der Waals surface area contributed by atoms with Gasteiger partial charge in [0, 0.05) is 113 Å². The Morgan fingerprint density at radius 1 is 0.510 bits per heavy atom. The first-order valence-corrected chi connectivity index (χ1v) is 33.9. The van der Waals surface area contributed by atoms with Crippen LogP contribution < -0.4 is 29.0 Å². The second-order valence-corrected chi connectivity index (χ2v) is 27.2. The fourth-order valence-corrected chi connectivity index (χ4v) is 15.1. The first-order chi connectivity index (χ1) is 47.2. The highest BCUT2D eigenvalue weighted by Gasteiger charge is 2.51. The van der Waals surface area contributed by atoms with E-state index in [0.717, 1.165) is 31.0 Å². The zero-order valence-electron chi connectivity index (χ0n) is 58.0. The number of likely N-dealkylation sites (tertiary alicyclic amines) is 3. The molecule has 1 unspecified atom stereocenters. The Morgan fingerprint density at radius 3 is 1.38 bits per heavy atom. The molecule has 3 aromatic heterocycles. The molecule has 100 heavy (non-hydrogen) atoms. The summed E-state index contributed by atoms with van der Waals surface area (Å²) in [6, 6.07) is 20.0. The molecule has 3 fully saturated rings. The summed E-state index contributed by atoms with van der Waals surface area (Å²) in [5.41, 5.74) is -0.795. The molecule has 0 aliphatic carbocycles. The topological polar surface area (TPSA) is 140 Å². The highest BCUT2D eigenvalue weighted by molar-refractivity contribution is 5.96. The summed E-state index contributed by atoms with van der Waals surface area (Å²) in [5.74, 6) is -0.749. The summed E-state index contributed by atoms with van der Waals surface area (Å²) < 4.78 is 182. The second-order valence-electron chi connectivity index (χ2n) is 27.2. The van der Waals surface area contributed by atoms with Crippen LogP contribution in [0.25, 0.3) is 0 Å². The number of nitrogens with zero attached hydrogens (tertiary/aromatic N) is 8. The maximum Gasteiger partial charge on any atom is 0.431 e. The molecular weight excluding hydrogens is 1330 g/mol. The molecule has 6 aromatic rings. The number of ether oxygens (including phenoxy) is 5. The van der Waals surface area contributed by atoms with Gasteiger partial charge in [-0.05, 0) is 179 Å². The number of benzene rings is 3. The minimum atomic E-state index is -4.42. The van der Waals surface area contributed by atoms with Gasteiger partial charge in [-0.2, -0.15) is 39.5 Å². The minimum Gasteiger partial charge on any atom is -0.493 e. The number of alkyl halides is 9. The third kappa shape index (κ3) is 15.1. The number of amides is 3. The lowest BCUT2D eigenvalue weighted by Gasteiger charge is -2.50. The quantitative estimate of drug-likeness (QED) is 0.0873. The van der Waals surface area contributed by atoms with Crippen molar-refractivity contribution in [1.82, 2.24) is 43.5 Å². The van der Waals surface area contributed by atoms with Gasteiger partial charge in [0.2, 0.25) is 0 Å². The van der Waals surface area contributed by atoms with Crippen molar-refractivity contribution in [2.75, 3.05) is 87.3 Å². The fraction of sp³-hybridized carbons (Fsp3) is 0.542. The molecule has 0 saturated carbocycles. The SMILES string of the molecule is CC1Cn2c(C(F)(F)F)ccc2C2(CCN(C(=O)c3ccc(OC(C)C)c(F)c3)CC2)N1.CCCCOc1ccc(C(=O)N2CCC3(CC2)c2ccc(C(F)(F)F)n2CCN3C)cc1OC.COc1cc(C(=O)N2CCC3(CC2)c2ccc(C(F)(F)F)n2CCN3C)cc(F)c1OC(C)C.[HH]. The molecule has 28 heteroatoms. The van der Waals surface area contributed by atoms with Gasteiger partial charge in [0.1, 0.15) is 17.1 Å². The Kier molecular flexibility index (Phi) is 22.1. The number of fused-ring (bicyclic) bond motifs is 6. The Bertz CT molecular complexity index is 3900. The highest BCUT2D eigenvalue weighted by atomic mass is 19.4. The summed E-state index contributed by atoms with van der Waals surface area (Å²) in [6.07, 6.45) is -8.66. The van der Waals surface area contributed by atoms with Gasteiger partial charge in [-0.3, -0.25) is 24.2 Å². The fourth-order valence-electron chi connectivity index (χ4n) is 15.1. The lowest BCUT2D eigenvalue weighted by Crippen LogP contribution is -2.59. The third-order valence-corrected chi connectivity index (χ3v) is 20.2. The van der Waals surface area contributed by atoms with Crippen molar-refractivity contribution in [3.63, 3.8) is 0 Å². The van der Waals surface area contributed by atoms with Crippen LogP contribution in [0.15, 0.2) is 84.9 Å². The van der Waals surface area contributed by atoms with Crippen LogP contribution in [-0.4, -0.2) is 161 Å².